The van der Waals surface area contributed by atoms with Crippen molar-refractivity contribution in [1.29, 1.82) is 0 Å². The molecule has 1 aliphatic rings. The molecule has 130 valence electrons. The van der Waals surface area contributed by atoms with E-state index in [-0.39, 0.29) is 18.3 Å². The lowest BCUT2D eigenvalue weighted by Crippen LogP contribution is -2.29. The summed E-state index contributed by atoms with van der Waals surface area (Å²) in [5.41, 5.74) is 0.928. The summed E-state index contributed by atoms with van der Waals surface area (Å²) in [4.78, 5) is 12.0. The first-order valence-corrected chi connectivity index (χ1v) is 7.91. The van der Waals surface area contributed by atoms with Crippen LogP contribution >= 0.6 is 12.4 Å². The minimum absolute atomic E-state index is 0. The van der Waals surface area contributed by atoms with Crippen molar-refractivity contribution in [2.24, 2.45) is 5.92 Å². The molecule has 23 heavy (non-hydrogen) atoms. The van der Waals surface area contributed by atoms with E-state index in [9.17, 15) is 4.79 Å². The molecule has 1 heterocycles. The molecular formula is C17H27ClN2O3. The third-order valence-electron chi connectivity index (χ3n) is 4.20. The standard InChI is InChI=1S/C17H26N2O3.ClH/c1-21-15-4-5-16(22-2)14(11-15)12-19-17(20)6-3-13-7-9-18-10-8-13;/h4-5,11,13,18H,3,6-10,12H2,1-2H3,(H,19,20);1H. The van der Waals surface area contributed by atoms with Gasteiger partial charge in [-0.2, -0.15) is 0 Å². The summed E-state index contributed by atoms with van der Waals surface area (Å²) in [5.74, 6) is 2.31. The molecule has 1 aromatic rings. The van der Waals surface area contributed by atoms with Gasteiger partial charge in [-0.05, 0) is 56.5 Å². The predicted octanol–water partition coefficient (Wildman–Crippen LogP) is 2.52. The molecule has 2 N–H and O–H groups in total. The number of piperidine rings is 1. The van der Waals surface area contributed by atoms with Crippen LogP contribution in [-0.2, 0) is 11.3 Å². The molecule has 1 fully saturated rings. The van der Waals surface area contributed by atoms with Crippen LogP contribution in [0.5, 0.6) is 11.5 Å². The van der Waals surface area contributed by atoms with Gasteiger partial charge >= 0.3 is 0 Å². The molecule has 2 rings (SSSR count). The first kappa shape index (κ1) is 19.6. The van der Waals surface area contributed by atoms with Crippen LogP contribution in [0.4, 0.5) is 0 Å². The SMILES string of the molecule is COc1ccc(OC)c(CNC(=O)CCC2CCNCC2)c1.Cl. The van der Waals surface area contributed by atoms with E-state index in [1.54, 1.807) is 14.2 Å². The quantitative estimate of drug-likeness (QED) is 0.799. The lowest BCUT2D eigenvalue weighted by atomic mass is 9.93. The Morgan fingerprint density at radius 1 is 1.26 bits per heavy atom. The van der Waals surface area contributed by atoms with Gasteiger partial charge in [0, 0.05) is 18.5 Å². The van der Waals surface area contributed by atoms with E-state index in [1.807, 2.05) is 18.2 Å². The maximum atomic E-state index is 12.0. The number of ether oxygens (including phenoxy) is 2. The van der Waals surface area contributed by atoms with Crippen LogP contribution < -0.4 is 20.1 Å². The second-order valence-electron chi connectivity index (χ2n) is 5.69. The van der Waals surface area contributed by atoms with Crippen LogP contribution in [0.25, 0.3) is 0 Å². The Morgan fingerprint density at radius 3 is 2.65 bits per heavy atom. The van der Waals surface area contributed by atoms with E-state index in [0.29, 0.717) is 18.9 Å². The number of hydrogen-bond donors (Lipinski definition) is 2. The van der Waals surface area contributed by atoms with E-state index in [4.69, 9.17) is 9.47 Å². The summed E-state index contributed by atoms with van der Waals surface area (Å²) in [6, 6.07) is 5.60. The second-order valence-corrected chi connectivity index (χ2v) is 5.69. The Morgan fingerprint density at radius 2 is 2.00 bits per heavy atom. The number of rotatable bonds is 7. The first-order chi connectivity index (χ1) is 10.7. The van der Waals surface area contributed by atoms with Crippen molar-refractivity contribution < 1.29 is 14.3 Å². The summed E-state index contributed by atoms with van der Waals surface area (Å²) >= 11 is 0. The molecule has 0 aliphatic carbocycles. The van der Waals surface area contributed by atoms with E-state index in [1.165, 1.54) is 12.8 Å². The third kappa shape index (κ3) is 6.28. The van der Waals surface area contributed by atoms with E-state index >= 15 is 0 Å². The minimum Gasteiger partial charge on any atom is -0.497 e. The van der Waals surface area contributed by atoms with Crippen LogP contribution in [0, 0.1) is 5.92 Å². The largest absolute Gasteiger partial charge is 0.497 e. The highest BCUT2D eigenvalue weighted by molar-refractivity contribution is 5.85. The van der Waals surface area contributed by atoms with Gasteiger partial charge in [-0.3, -0.25) is 4.79 Å². The smallest absolute Gasteiger partial charge is 0.220 e. The molecule has 1 aromatic carbocycles. The van der Waals surface area contributed by atoms with Crippen molar-refractivity contribution in [1.82, 2.24) is 10.6 Å². The summed E-state index contributed by atoms with van der Waals surface area (Å²) in [6.07, 6.45) is 3.92. The number of carbonyl (C=O) groups is 1. The highest BCUT2D eigenvalue weighted by atomic mass is 35.5. The topological polar surface area (TPSA) is 59.6 Å². The third-order valence-corrected chi connectivity index (χ3v) is 4.20. The fraction of sp³-hybridized carbons (Fsp3) is 0.588. The molecule has 0 bridgehead atoms. The molecule has 5 nitrogen and oxygen atoms in total. The molecule has 0 unspecified atom stereocenters. The van der Waals surface area contributed by atoms with Gasteiger partial charge in [-0.25, -0.2) is 0 Å². The molecule has 1 amide bonds. The molecule has 6 heteroatoms. The van der Waals surface area contributed by atoms with Crippen LogP contribution in [0.2, 0.25) is 0 Å². The Kier molecular flexibility index (Phi) is 8.81. The Labute approximate surface area is 144 Å². The molecule has 1 saturated heterocycles. The molecule has 0 saturated carbocycles. The predicted molar refractivity (Wildman–Crippen MR) is 93.5 cm³/mol. The molecular weight excluding hydrogens is 316 g/mol. The van der Waals surface area contributed by atoms with Crippen molar-refractivity contribution in [3.8, 4) is 11.5 Å². The van der Waals surface area contributed by atoms with Crippen molar-refractivity contribution in [3.63, 3.8) is 0 Å². The Hall–Kier alpha value is -1.46. The van der Waals surface area contributed by atoms with Crippen LogP contribution in [0.15, 0.2) is 18.2 Å². The Bertz CT molecular complexity index is 491. The molecule has 0 aromatic heterocycles. The number of amides is 1. The fourth-order valence-corrected chi connectivity index (χ4v) is 2.81. The van der Waals surface area contributed by atoms with E-state index in [0.717, 1.165) is 36.6 Å². The van der Waals surface area contributed by atoms with Crippen LogP contribution in [0.1, 0.15) is 31.2 Å². The van der Waals surface area contributed by atoms with Gasteiger partial charge in [-0.1, -0.05) is 0 Å². The normalized spacial score (nSPS) is 14.7. The van der Waals surface area contributed by atoms with Gasteiger partial charge in [0.05, 0.1) is 14.2 Å². The van der Waals surface area contributed by atoms with Crippen molar-refractivity contribution in [2.45, 2.75) is 32.2 Å². The van der Waals surface area contributed by atoms with Gasteiger partial charge < -0.3 is 20.1 Å². The zero-order chi connectivity index (χ0) is 15.8. The van der Waals surface area contributed by atoms with Gasteiger partial charge in [0.2, 0.25) is 5.91 Å². The highest BCUT2D eigenvalue weighted by Crippen LogP contribution is 2.24. The second kappa shape index (κ2) is 10.3. The summed E-state index contributed by atoms with van der Waals surface area (Å²) in [5, 5.41) is 6.32. The summed E-state index contributed by atoms with van der Waals surface area (Å²) < 4.78 is 10.5. The zero-order valence-electron chi connectivity index (χ0n) is 13.9. The lowest BCUT2D eigenvalue weighted by molar-refractivity contribution is -0.121. The van der Waals surface area contributed by atoms with Gasteiger partial charge in [-0.15, -0.1) is 12.4 Å². The van der Waals surface area contributed by atoms with Crippen LogP contribution in [-0.4, -0.2) is 33.2 Å². The molecule has 0 spiro atoms. The number of hydrogen-bond acceptors (Lipinski definition) is 4. The Balaban J connectivity index is 0.00000264. The monoisotopic (exact) mass is 342 g/mol. The van der Waals surface area contributed by atoms with Gasteiger partial charge in [0.1, 0.15) is 11.5 Å². The summed E-state index contributed by atoms with van der Waals surface area (Å²) in [7, 11) is 3.26. The molecule has 1 aliphatic heterocycles. The maximum absolute atomic E-state index is 12.0. The van der Waals surface area contributed by atoms with Gasteiger partial charge in [0.25, 0.3) is 0 Å². The van der Waals surface area contributed by atoms with Crippen molar-refractivity contribution in [3.05, 3.63) is 23.8 Å². The van der Waals surface area contributed by atoms with E-state index in [2.05, 4.69) is 10.6 Å². The molecule has 0 radical (unpaired) electrons. The zero-order valence-corrected chi connectivity index (χ0v) is 14.7. The first-order valence-electron chi connectivity index (χ1n) is 7.91. The average molecular weight is 343 g/mol. The highest BCUT2D eigenvalue weighted by Gasteiger charge is 2.14. The number of methoxy groups -OCH3 is 2. The van der Waals surface area contributed by atoms with Crippen LogP contribution in [0.3, 0.4) is 0 Å². The number of halogens is 1. The fourth-order valence-electron chi connectivity index (χ4n) is 2.81. The number of nitrogens with one attached hydrogen (secondary N) is 2. The minimum atomic E-state index is 0. The van der Waals surface area contributed by atoms with Gasteiger partial charge in [0.15, 0.2) is 0 Å². The van der Waals surface area contributed by atoms with E-state index < -0.39 is 0 Å². The summed E-state index contributed by atoms with van der Waals surface area (Å²) in [6.45, 7) is 2.62. The number of carbonyl (C=O) groups excluding carboxylic acids is 1. The average Bonchev–Trinajstić information content (AvgIpc) is 2.58. The lowest BCUT2D eigenvalue weighted by Gasteiger charge is -2.22. The number of benzene rings is 1. The maximum Gasteiger partial charge on any atom is 0.220 e. The van der Waals surface area contributed by atoms with Crippen molar-refractivity contribution in [2.75, 3.05) is 27.3 Å². The molecule has 0 atom stereocenters. The van der Waals surface area contributed by atoms with Crippen molar-refractivity contribution >= 4 is 18.3 Å².